The summed E-state index contributed by atoms with van der Waals surface area (Å²) in [6.45, 7) is 15.6. The highest BCUT2D eigenvalue weighted by Crippen LogP contribution is 2.36. The largest absolute Gasteiger partial charge is 0.416 e. The first kappa shape index (κ1) is 98.6. The van der Waals surface area contributed by atoms with Crippen molar-refractivity contribution in [1.29, 1.82) is 0 Å². The highest BCUT2D eigenvalue weighted by atomic mass is 19.4. The quantitative estimate of drug-likeness (QED) is 0.0440. The van der Waals surface area contributed by atoms with Crippen LogP contribution < -0.4 is 0 Å². The first-order valence-corrected chi connectivity index (χ1v) is 46.5. The minimum Gasteiger partial charge on any atom is -0.256 e. The van der Waals surface area contributed by atoms with Crippen LogP contribution in [-0.4, -0.2) is 34.9 Å². The van der Waals surface area contributed by atoms with Gasteiger partial charge in [0.25, 0.3) is 0 Å². The van der Waals surface area contributed by atoms with Gasteiger partial charge in [-0.2, -0.15) is 13.2 Å². The molecule has 7 heterocycles. The van der Waals surface area contributed by atoms with E-state index >= 15 is 0 Å². The summed E-state index contributed by atoms with van der Waals surface area (Å²) in [4.78, 5) is 30.2. The lowest BCUT2D eigenvalue weighted by molar-refractivity contribution is -0.137. The van der Waals surface area contributed by atoms with Gasteiger partial charge in [-0.1, -0.05) is 317 Å². The van der Waals surface area contributed by atoms with Crippen molar-refractivity contribution in [3.8, 4) is 101 Å². The number of alkyl halides is 3. The van der Waals surface area contributed by atoms with Crippen molar-refractivity contribution in [2.24, 2.45) is 0 Å². The van der Waals surface area contributed by atoms with Gasteiger partial charge in [-0.15, -0.1) is 0 Å². The standard InChI is InChI=1S/C29H37N.C21H21N.C21H23N.C16H13N.C12H8F3N.C11H7F2N.C11H8FN/c1-3-5-7-9-14-24-20-25(15-10-8-6-4-2)22-28(21-24)26-16-13-17-27(23-26)29-18-11-12-19-30-29;1-21(2,3)19-12-10-16(11-13-19)17-7-6-8-18(15-17)20-9-4-5-14-22-20;1-2-3-4-5-9-17-10-8-12-19(16-17)21-20-13-7-6-11-18(20)14-15-22-21;1-12-6-8-14(9-7-12)16-15-5-3-2-4-13(15)10-11-17-16;13-12(14,15)10-5-3-4-9(8-10)11-6-1-2-7-16-11;12-8-4-5-9(10(13)7-8)11-3-1-2-6-14-11;12-10-6-4-9(5-7-10)11-3-1-2-8-13-11/h11-13,16-23H,3-10,14-15H2,1-2H3;4-15H,1-3H3;6-8,10-16H,2-5,9H2,1H3;2-11H,1H3;1-8H;1-7H;1-8H. The predicted octanol–water partition coefficient (Wildman–Crippen LogP) is 34.3. The second-order valence-corrected chi connectivity index (χ2v) is 34.1. The lowest BCUT2D eigenvalue weighted by Gasteiger charge is -2.19. The van der Waals surface area contributed by atoms with Crippen LogP contribution in [0.1, 0.15) is 152 Å². The fraction of sp³-hybridized carbons (Fsp3) is 0.198. The molecule has 0 saturated carbocycles. The summed E-state index contributed by atoms with van der Waals surface area (Å²) in [5, 5.41) is 4.92. The summed E-state index contributed by atoms with van der Waals surface area (Å²) in [5.74, 6) is -1.40. The average Bonchev–Trinajstić information content (AvgIpc) is 0.789. The summed E-state index contributed by atoms with van der Waals surface area (Å²) in [6.07, 6.45) is 27.3. The molecule has 0 amide bonds. The number of hydrogen-bond donors (Lipinski definition) is 0. The molecule has 0 aliphatic heterocycles. The van der Waals surface area contributed by atoms with Crippen molar-refractivity contribution in [2.75, 3.05) is 0 Å². The number of halogens is 6. The molecule has 18 aromatic rings. The third kappa shape index (κ3) is 30.6. The molecule has 0 unspecified atom stereocenters. The number of unbranched alkanes of at least 4 members (excludes halogenated alkanes) is 9. The van der Waals surface area contributed by atoms with E-state index in [4.69, 9.17) is 0 Å². The van der Waals surface area contributed by atoms with E-state index in [2.05, 4.69) is 290 Å². The molecule has 0 saturated heterocycles. The van der Waals surface area contributed by atoms with Crippen molar-refractivity contribution in [1.82, 2.24) is 34.9 Å². The normalized spacial score (nSPS) is 10.9. The van der Waals surface area contributed by atoms with E-state index in [9.17, 15) is 26.3 Å². The molecule has 0 N–H and O–H groups in total. The van der Waals surface area contributed by atoms with Crippen LogP contribution in [0.5, 0.6) is 0 Å². The number of nitrogens with zero attached hydrogens (tertiary/aromatic N) is 7. The number of hydrogen-bond acceptors (Lipinski definition) is 7. The summed E-state index contributed by atoms with van der Waals surface area (Å²) >= 11 is 0. The Morgan fingerprint density at radius 2 is 0.634 bits per heavy atom. The zero-order chi connectivity index (χ0) is 94.1. The Hall–Kier alpha value is -14.4. The third-order valence-corrected chi connectivity index (χ3v) is 22.8. The monoisotopic (exact) mass is 1780 g/mol. The zero-order valence-corrected chi connectivity index (χ0v) is 77.6. The molecule has 13 heteroatoms. The number of benzene rings is 11. The van der Waals surface area contributed by atoms with Gasteiger partial charge in [0.2, 0.25) is 0 Å². The molecule has 0 aliphatic rings. The SMILES string of the molecule is CC(C)(C)c1ccc(-c2cccc(-c3ccccn3)c2)cc1.CCCCCCc1cc(CCCCCC)cc(-c2cccc(-c3ccccn3)c2)c1.CCCCCCc1cccc(-c2nccc3ccccc23)c1.Cc1ccc(-c2nccc3ccccc23)cc1.FC(F)(F)c1cccc(-c2ccccn2)c1.Fc1ccc(-c2ccccn2)c(F)c1.Fc1ccc(-c2ccccn2)cc1. The third-order valence-electron chi connectivity index (χ3n) is 22.8. The molecule has 0 atom stereocenters. The topological polar surface area (TPSA) is 90.2 Å². The van der Waals surface area contributed by atoms with Crippen LogP contribution >= 0.6 is 0 Å². The summed E-state index contributed by atoms with van der Waals surface area (Å²) in [7, 11) is 0. The molecule has 134 heavy (non-hydrogen) atoms. The molecule has 18 rings (SSSR count). The van der Waals surface area contributed by atoms with E-state index in [0.29, 0.717) is 22.5 Å². The molecule has 0 aliphatic carbocycles. The summed E-state index contributed by atoms with van der Waals surface area (Å²) < 4.78 is 75.8. The maximum absolute atomic E-state index is 13.3. The number of pyridine rings is 7. The van der Waals surface area contributed by atoms with Crippen LogP contribution in [0.3, 0.4) is 0 Å². The lowest BCUT2D eigenvalue weighted by Crippen LogP contribution is -2.10. The zero-order valence-electron chi connectivity index (χ0n) is 77.6. The van der Waals surface area contributed by atoms with Crippen molar-refractivity contribution in [3.63, 3.8) is 0 Å². The minimum atomic E-state index is -4.31. The van der Waals surface area contributed by atoms with Crippen LogP contribution in [0.15, 0.2) is 401 Å². The van der Waals surface area contributed by atoms with Crippen LogP contribution in [-0.2, 0) is 30.9 Å². The van der Waals surface area contributed by atoms with E-state index < -0.39 is 23.4 Å². The Bertz CT molecular complexity index is 6520. The van der Waals surface area contributed by atoms with Gasteiger partial charge < -0.3 is 0 Å². The van der Waals surface area contributed by atoms with Gasteiger partial charge in [0, 0.05) is 99.2 Å². The molecule has 678 valence electrons. The Labute approximate surface area is 787 Å². The fourth-order valence-corrected chi connectivity index (χ4v) is 15.5. The van der Waals surface area contributed by atoms with Crippen LogP contribution in [0.2, 0.25) is 0 Å². The Kier molecular flexibility index (Phi) is 37.8. The second-order valence-electron chi connectivity index (χ2n) is 34.1. The Balaban J connectivity index is 0.000000143. The first-order chi connectivity index (χ1) is 65.3. The highest BCUT2D eigenvalue weighted by molar-refractivity contribution is 5.95. The molecule has 0 fully saturated rings. The number of aryl methyl sites for hydroxylation is 4. The van der Waals surface area contributed by atoms with Gasteiger partial charge >= 0.3 is 6.18 Å². The van der Waals surface area contributed by atoms with Gasteiger partial charge in [0.1, 0.15) is 17.5 Å². The number of rotatable bonds is 24. The molecule has 7 nitrogen and oxygen atoms in total. The Morgan fingerprint density at radius 3 is 1.10 bits per heavy atom. The van der Waals surface area contributed by atoms with Gasteiger partial charge in [0.05, 0.1) is 45.4 Å². The van der Waals surface area contributed by atoms with E-state index in [1.54, 1.807) is 73.2 Å². The summed E-state index contributed by atoms with van der Waals surface area (Å²) in [5.41, 5.74) is 24.2. The minimum absolute atomic E-state index is 0.189. The van der Waals surface area contributed by atoms with E-state index in [1.165, 1.54) is 215 Å². The lowest BCUT2D eigenvalue weighted by atomic mass is 9.86. The maximum Gasteiger partial charge on any atom is 0.416 e. The van der Waals surface area contributed by atoms with Crippen molar-refractivity contribution >= 4 is 21.5 Å². The van der Waals surface area contributed by atoms with E-state index in [0.717, 1.165) is 57.8 Å². The van der Waals surface area contributed by atoms with Crippen molar-refractivity contribution < 1.29 is 26.3 Å². The first-order valence-electron chi connectivity index (χ1n) is 46.5. The smallest absolute Gasteiger partial charge is 0.256 e. The molecule has 7 aromatic heterocycles. The van der Waals surface area contributed by atoms with Crippen LogP contribution in [0.4, 0.5) is 26.3 Å². The van der Waals surface area contributed by atoms with Crippen LogP contribution in [0.25, 0.3) is 123 Å². The number of aromatic nitrogens is 7. The highest BCUT2D eigenvalue weighted by Gasteiger charge is 2.30. The van der Waals surface area contributed by atoms with Crippen molar-refractivity contribution in [2.45, 2.75) is 156 Å². The van der Waals surface area contributed by atoms with Gasteiger partial charge in [0.15, 0.2) is 0 Å². The Morgan fingerprint density at radius 1 is 0.246 bits per heavy atom. The summed E-state index contributed by atoms with van der Waals surface area (Å²) in [6, 6.07) is 115. The molecule has 0 bridgehead atoms. The molecule has 0 spiro atoms. The van der Waals surface area contributed by atoms with Crippen molar-refractivity contribution in [3.05, 3.63) is 452 Å². The second kappa shape index (κ2) is 51.4. The predicted molar refractivity (Wildman–Crippen MR) is 545 cm³/mol. The van der Waals surface area contributed by atoms with Crippen LogP contribution in [0, 0.1) is 24.4 Å². The molecule has 0 radical (unpaired) electrons. The fourth-order valence-electron chi connectivity index (χ4n) is 15.5. The maximum atomic E-state index is 13.3. The average molecular weight is 1780 g/mol. The molecular formula is C121H117F6N7. The molecular weight excluding hydrogens is 1670 g/mol. The van der Waals surface area contributed by atoms with E-state index in [-0.39, 0.29) is 11.2 Å². The van der Waals surface area contributed by atoms with E-state index in [1.807, 2.05) is 73.3 Å². The number of fused-ring (bicyclic) bond motifs is 2. The van der Waals surface area contributed by atoms with Gasteiger partial charge in [-0.05, 0) is 246 Å². The van der Waals surface area contributed by atoms with Gasteiger partial charge in [-0.25, -0.2) is 13.2 Å². The molecule has 11 aromatic carbocycles. The van der Waals surface area contributed by atoms with Gasteiger partial charge in [-0.3, -0.25) is 34.9 Å².